The summed E-state index contributed by atoms with van der Waals surface area (Å²) >= 11 is 0. The Morgan fingerprint density at radius 2 is 2.04 bits per heavy atom. The largest absolute Gasteiger partial charge is 0.397 e. The topological polar surface area (TPSA) is 79.6 Å². The van der Waals surface area contributed by atoms with Crippen LogP contribution in [0.4, 0.5) is 15.8 Å². The van der Waals surface area contributed by atoms with E-state index >= 15 is 0 Å². The van der Waals surface area contributed by atoms with Gasteiger partial charge in [-0.1, -0.05) is 6.07 Å². The van der Waals surface area contributed by atoms with Gasteiger partial charge in [-0.2, -0.15) is 0 Å². The minimum atomic E-state index is -0.386. The Morgan fingerprint density at radius 3 is 2.87 bits per heavy atom. The quantitative estimate of drug-likeness (QED) is 0.529. The molecule has 0 saturated carbocycles. The van der Waals surface area contributed by atoms with Gasteiger partial charge in [0.15, 0.2) is 0 Å². The Bertz CT molecular complexity index is 1040. The predicted molar refractivity (Wildman–Crippen MR) is 90.7 cm³/mol. The summed E-state index contributed by atoms with van der Waals surface area (Å²) < 4.78 is 14.1. The number of hydrogen-bond donors (Lipinski definition) is 3. The third kappa shape index (κ3) is 2.07. The summed E-state index contributed by atoms with van der Waals surface area (Å²) in [7, 11) is 1.85. The molecule has 2 aromatic carbocycles. The molecule has 5 nitrogen and oxygen atoms in total. The van der Waals surface area contributed by atoms with Gasteiger partial charge in [-0.3, -0.25) is 4.98 Å². The molecule has 0 aliphatic rings. The highest BCUT2D eigenvalue weighted by Gasteiger charge is 2.14. The van der Waals surface area contributed by atoms with E-state index in [9.17, 15) is 4.39 Å². The lowest BCUT2D eigenvalue weighted by molar-refractivity contribution is 0.640. The lowest BCUT2D eigenvalue weighted by Crippen LogP contribution is -1.97. The molecule has 0 bridgehead atoms. The van der Waals surface area contributed by atoms with Crippen molar-refractivity contribution in [3.8, 4) is 11.4 Å². The number of anilines is 2. The van der Waals surface area contributed by atoms with Gasteiger partial charge in [0.1, 0.15) is 11.6 Å². The van der Waals surface area contributed by atoms with Crippen LogP contribution < -0.4 is 11.1 Å². The van der Waals surface area contributed by atoms with Crippen LogP contribution in [0.3, 0.4) is 0 Å². The normalized spacial score (nSPS) is 11.2. The molecule has 114 valence electrons. The number of aromatic amines is 1. The zero-order valence-electron chi connectivity index (χ0n) is 12.4. The van der Waals surface area contributed by atoms with E-state index in [4.69, 9.17) is 5.73 Å². The van der Waals surface area contributed by atoms with Crippen molar-refractivity contribution in [3.05, 3.63) is 48.4 Å². The number of benzene rings is 2. The number of imidazole rings is 1. The highest BCUT2D eigenvalue weighted by atomic mass is 19.1. The van der Waals surface area contributed by atoms with E-state index in [2.05, 4.69) is 20.3 Å². The van der Waals surface area contributed by atoms with E-state index in [0.717, 1.165) is 16.7 Å². The summed E-state index contributed by atoms with van der Waals surface area (Å²) in [6.45, 7) is 0. The predicted octanol–water partition coefficient (Wildman–Crippen LogP) is 3.54. The Kier molecular flexibility index (Phi) is 2.90. The Balaban J connectivity index is 1.95. The van der Waals surface area contributed by atoms with Gasteiger partial charge >= 0.3 is 0 Å². The SMILES string of the molecule is CNc1ccc2nc(-c3cnc4cccc(F)c4c3N)[nH]c2c1. The molecule has 2 heterocycles. The maximum Gasteiger partial charge on any atom is 0.142 e. The lowest BCUT2D eigenvalue weighted by Gasteiger charge is -2.07. The van der Waals surface area contributed by atoms with Crippen LogP contribution in [0.5, 0.6) is 0 Å². The van der Waals surface area contributed by atoms with Gasteiger partial charge in [0, 0.05) is 18.9 Å². The van der Waals surface area contributed by atoms with Gasteiger partial charge in [-0.15, -0.1) is 0 Å². The first-order valence-corrected chi connectivity index (χ1v) is 7.18. The molecule has 0 fully saturated rings. The number of pyridine rings is 1. The molecular weight excluding hydrogens is 293 g/mol. The average Bonchev–Trinajstić information content (AvgIpc) is 2.97. The lowest BCUT2D eigenvalue weighted by atomic mass is 10.1. The van der Waals surface area contributed by atoms with Crippen molar-refractivity contribution in [3.63, 3.8) is 0 Å². The van der Waals surface area contributed by atoms with Crippen LogP contribution in [0, 0.1) is 5.82 Å². The number of fused-ring (bicyclic) bond motifs is 2. The van der Waals surface area contributed by atoms with Crippen LogP contribution in [-0.4, -0.2) is 22.0 Å². The van der Waals surface area contributed by atoms with Gasteiger partial charge < -0.3 is 16.0 Å². The van der Waals surface area contributed by atoms with E-state index in [1.807, 2.05) is 25.2 Å². The van der Waals surface area contributed by atoms with Gasteiger partial charge in [0.05, 0.1) is 33.2 Å². The summed E-state index contributed by atoms with van der Waals surface area (Å²) in [5, 5.41) is 3.40. The Labute approximate surface area is 131 Å². The highest BCUT2D eigenvalue weighted by molar-refractivity contribution is 5.98. The van der Waals surface area contributed by atoms with Crippen LogP contribution in [0.25, 0.3) is 33.3 Å². The molecule has 6 heteroatoms. The molecular formula is C17H14FN5. The molecule has 0 spiro atoms. The fourth-order valence-corrected chi connectivity index (χ4v) is 2.71. The third-order valence-corrected chi connectivity index (χ3v) is 3.91. The Hall–Kier alpha value is -3.15. The summed E-state index contributed by atoms with van der Waals surface area (Å²) in [5.74, 6) is 0.186. The minimum Gasteiger partial charge on any atom is -0.397 e. The van der Waals surface area contributed by atoms with E-state index < -0.39 is 0 Å². The van der Waals surface area contributed by atoms with Gasteiger partial charge in [-0.25, -0.2) is 9.37 Å². The molecule has 0 atom stereocenters. The second-order valence-corrected chi connectivity index (χ2v) is 5.29. The number of nitrogens with one attached hydrogen (secondary N) is 2. The van der Waals surface area contributed by atoms with Crippen molar-refractivity contribution in [2.75, 3.05) is 18.1 Å². The van der Waals surface area contributed by atoms with Crippen LogP contribution in [0.15, 0.2) is 42.6 Å². The van der Waals surface area contributed by atoms with Crippen molar-refractivity contribution in [1.29, 1.82) is 0 Å². The first kappa shape index (κ1) is 13.5. The van der Waals surface area contributed by atoms with Gasteiger partial charge in [-0.05, 0) is 30.3 Å². The number of nitrogens with zero attached hydrogens (tertiary/aromatic N) is 2. The molecule has 0 unspecified atom stereocenters. The van der Waals surface area contributed by atoms with Gasteiger partial charge in [0.2, 0.25) is 0 Å². The molecule has 0 aliphatic heterocycles. The van der Waals surface area contributed by atoms with Crippen molar-refractivity contribution in [2.45, 2.75) is 0 Å². The molecule has 0 amide bonds. The molecule has 0 aliphatic carbocycles. The van der Waals surface area contributed by atoms with E-state index in [-0.39, 0.29) is 5.82 Å². The van der Waals surface area contributed by atoms with Crippen molar-refractivity contribution in [1.82, 2.24) is 15.0 Å². The minimum absolute atomic E-state index is 0.321. The second kappa shape index (κ2) is 4.95. The molecule has 23 heavy (non-hydrogen) atoms. The van der Waals surface area contributed by atoms with Crippen molar-refractivity contribution >= 4 is 33.3 Å². The van der Waals surface area contributed by atoms with Crippen LogP contribution in [0.1, 0.15) is 0 Å². The number of hydrogen-bond acceptors (Lipinski definition) is 4. The summed E-state index contributed by atoms with van der Waals surface area (Å²) in [6.07, 6.45) is 1.62. The van der Waals surface area contributed by atoms with Crippen LogP contribution in [-0.2, 0) is 0 Å². The van der Waals surface area contributed by atoms with E-state index in [1.54, 1.807) is 18.3 Å². The zero-order valence-corrected chi connectivity index (χ0v) is 12.4. The smallest absolute Gasteiger partial charge is 0.142 e. The number of H-pyrrole nitrogens is 1. The number of halogens is 1. The Morgan fingerprint density at radius 1 is 1.17 bits per heavy atom. The zero-order chi connectivity index (χ0) is 16.0. The highest BCUT2D eigenvalue weighted by Crippen LogP contribution is 2.32. The number of rotatable bonds is 2. The van der Waals surface area contributed by atoms with Crippen molar-refractivity contribution < 1.29 is 4.39 Å². The summed E-state index contributed by atoms with van der Waals surface area (Å²) in [4.78, 5) is 12.0. The third-order valence-electron chi connectivity index (χ3n) is 3.91. The maximum atomic E-state index is 14.1. The van der Waals surface area contributed by atoms with Crippen LogP contribution >= 0.6 is 0 Å². The molecule has 4 rings (SSSR count). The monoisotopic (exact) mass is 307 g/mol. The van der Waals surface area contributed by atoms with Crippen molar-refractivity contribution in [2.24, 2.45) is 0 Å². The average molecular weight is 307 g/mol. The fraction of sp³-hybridized carbons (Fsp3) is 0.0588. The number of nitrogens with two attached hydrogens (primary N) is 1. The molecule has 2 aromatic heterocycles. The van der Waals surface area contributed by atoms with E-state index in [0.29, 0.717) is 28.0 Å². The summed E-state index contributed by atoms with van der Waals surface area (Å²) in [5.41, 5.74) is 10.3. The number of aromatic nitrogens is 3. The first-order chi connectivity index (χ1) is 11.2. The van der Waals surface area contributed by atoms with E-state index in [1.165, 1.54) is 6.07 Å². The van der Waals surface area contributed by atoms with Gasteiger partial charge in [0.25, 0.3) is 0 Å². The first-order valence-electron chi connectivity index (χ1n) is 7.18. The fourth-order valence-electron chi connectivity index (χ4n) is 2.71. The molecule has 4 N–H and O–H groups in total. The second-order valence-electron chi connectivity index (χ2n) is 5.29. The molecule has 0 saturated heterocycles. The maximum absolute atomic E-state index is 14.1. The number of nitrogen functional groups attached to an aromatic ring is 1. The standard InChI is InChI=1S/C17H14FN5/c1-20-9-5-6-12-14(7-9)23-17(22-12)10-8-21-13-4-2-3-11(18)15(13)16(10)19/h2-8,20H,1H3,(H2,19,21)(H,22,23). The molecule has 0 radical (unpaired) electrons. The molecule has 4 aromatic rings. The summed E-state index contributed by atoms with van der Waals surface area (Å²) in [6, 6.07) is 10.5. The van der Waals surface area contributed by atoms with Crippen LogP contribution in [0.2, 0.25) is 0 Å².